The lowest BCUT2D eigenvalue weighted by Crippen LogP contribution is -2.21. The molecule has 0 radical (unpaired) electrons. The summed E-state index contributed by atoms with van der Waals surface area (Å²) in [6.45, 7) is 0. The highest BCUT2D eigenvalue weighted by atomic mass is 32.2. The molecule has 0 spiro atoms. The zero-order chi connectivity index (χ0) is 13.9. The van der Waals surface area contributed by atoms with Crippen LogP contribution in [0.1, 0.15) is 19.3 Å². The van der Waals surface area contributed by atoms with Crippen molar-refractivity contribution in [2.24, 2.45) is 5.92 Å². The molecule has 5 heteroatoms. The van der Waals surface area contributed by atoms with E-state index in [-0.39, 0.29) is 11.4 Å². The van der Waals surface area contributed by atoms with Gasteiger partial charge in [-0.3, -0.25) is 9.36 Å². The van der Waals surface area contributed by atoms with Gasteiger partial charge in [-0.25, -0.2) is 9.37 Å². The van der Waals surface area contributed by atoms with Gasteiger partial charge >= 0.3 is 0 Å². The molecule has 1 aromatic heterocycles. The van der Waals surface area contributed by atoms with Gasteiger partial charge in [0.2, 0.25) is 0 Å². The van der Waals surface area contributed by atoms with Crippen LogP contribution in [-0.2, 0) is 0 Å². The first-order chi connectivity index (χ1) is 9.74. The van der Waals surface area contributed by atoms with Crippen molar-refractivity contribution >= 4 is 11.8 Å². The van der Waals surface area contributed by atoms with Crippen LogP contribution >= 0.6 is 11.8 Å². The van der Waals surface area contributed by atoms with Gasteiger partial charge in [-0.1, -0.05) is 6.42 Å². The summed E-state index contributed by atoms with van der Waals surface area (Å²) in [7, 11) is 0. The van der Waals surface area contributed by atoms with E-state index >= 15 is 0 Å². The van der Waals surface area contributed by atoms with Crippen LogP contribution in [0.2, 0.25) is 0 Å². The number of nitrogens with zero attached hydrogens (tertiary/aromatic N) is 2. The monoisotopic (exact) mass is 290 g/mol. The predicted octanol–water partition coefficient (Wildman–Crippen LogP) is 3.26. The quantitative estimate of drug-likeness (QED) is 0.811. The number of thioether (sulfide) groups is 1. The molecule has 1 aromatic carbocycles. The lowest BCUT2D eigenvalue weighted by Gasteiger charge is -2.24. The third-order valence-electron chi connectivity index (χ3n) is 3.59. The van der Waals surface area contributed by atoms with E-state index in [0.717, 1.165) is 11.7 Å². The second kappa shape index (κ2) is 5.79. The van der Waals surface area contributed by atoms with Crippen LogP contribution in [0, 0.1) is 11.7 Å². The molecule has 1 fully saturated rings. The molecule has 0 unspecified atom stereocenters. The first-order valence-corrected chi connectivity index (χ1v) is 7.69. The number of benzene rings is 1. The summed E-state index contributed by atoms with van der Waals surface area (Å²) in [6, 6.07) is 5.89. The SMILES string of the molecule is O=c1c(SCC2CCC2)nccn1-c1ccc(F)cc1. The maximum atomic E-state index is 12.9. The van der Waals surface area contributed by atoms with Gasteiger partial charge in [0, 0.05) is 23.8 Å². The lowest BCUT2D eigenvalue weighted by molar-refractivity contribution is 0.353. The Balaban J connectivity index is 1.84. The van der Waals surface area contributed by atoms with E-state index in [1.807, 2.05) is 0 Å². The zero-order valence-electron chi connectivity index (χ0n) is 11.0. The summed E-state index contributed by atoms with van der Waals surface area (Å²) in [6.07, 6.45) is 7.04. The second-order valence-corrected chi connectivity index (χ2v) is 6.00. The molecule has 0 saturated heterocycles. The molecule has 3 nitrogen and oxygen atoms in total. The molecule has 0 bridgehead atoms. The molecule has 0 aliphatic heterocycles. The summed E-state index contributed by atoms with van der Waals surface area (Å²) < 4.78 is 14.4. The van der Waals surface area contributed by atoms with E-state index in [4.69, 9.17) is 0 Å². The van der Waals surface area contributed by atoms with Gasteiger partial charge in [-0.2, -0.15) is 0 Å². The molecule has 2 aromatic rings. The second-order valence-electron chi connectivity index (χ2n) is 4.99. The first kappa shape index (κ1) is 13.4. The molecular weight excluding hydrogens is 275 g/mol. The van der Waals surface area contributed by atoms with Crippen LogP contribution < -0.4 is 5.56 Å². The Morgan fingerprint density at radius 2 is 2.05 bits per heavy atom. The minimum absolute atomic E-state index is 0.136. The van der Waals surface area contributed by atoms with E-state index in [0.29, 0.717) is 10.7 Å². The number of rotatable bonds is 4. The van der Waals surface area contributed by atoms with Crippen LogP contribution in [0.4, 0.5) is 4.39 Å². The Bertz CT molecular complexity index is 650. The molecule has 1 heterocycles. The van der Waals surface area contributed by atoms with Gasteiger partial charge in [0.05, 0.1) is 0 Å². The standard InChI is InChI=1S/C15H15FN2OS/c16-12-4-6-13(7-5-12)18-9-8-17-14(15(18)19)20-10-11-2-1-3-11/h4-9,11H,1-3,10H2. The molecule has 1 saturated carbocycles. The van der Waals surface area contributed by atoms with Crippen molar-refractivity contribution in [3.05, 3.63) is 52.8 Å². The molecule has 1 aliphatic carbocycles. The maximum absolute atomic E-state index is 12.9. The van der Waals surface area contributed by atoms with E-state index in [1.165, 1.54) is 47.7 Å². The summed E-state index contributed by atoms with van der Waals surface area (Å²) >= 11 is 1.52. The van der Waals surface area contributed by atoms with Crippen LogP contribution in [0.3, 0.4) is 0 Å². The van der Waals surface area contributed by atoms with E-state index in [2.05, 4.69) is 4.98 Å². The Hall–Kier alpha value is -1.62. The predicted molar refractivity (Wildman–Crippen MR) is 77.9 cm³/mol. The third kappa shape index (κ3) is 2.77. The van der Waals surface area contributed by atoms with Crippen LogP contribution in [0.15, 0.2) is 46.5 Å². The molecule has 0 N–H and O–H groups in total. The van der Waals surface area contributed by atoms with E-state index in [9.17, 15) is 9.18 Å². The number of aromatic nitrogens is 2. The molecule has 0 amide bonds. The fourth-order valence-corrected chi connectivity index (χ4v) is 3.24. The first-order valence-electron chi connectivity index (χ1n) is 6.70. The van der Waals surface area contributed by atoms with Crippen molar-refractivity contribution in [3.8, 4) is 5.69 Å². The van der Waals surface area contributed by atoms with Crippen LogP contribution in [0.5, 0.6) is 0 Å². The average Bonchev–Trinajstić information content (AvgIpc) is 2.40. The smallest absolute Gasteiger partial charge is 0.280 e. The highest BCUT2D eigenvalue weighted by Gasteiger charge is 2.18. The summed E-state index contributed by atoms with van der Waals surface area (Å²) in [4.78, 5) is 16.5. The van der Waals surface area contributed by atoms with Crippen LogP contribution in [0.25, 0.3) is 5.69 Å². The molecule has 20 heavy (non-hydrogen) atoms. The van der Waals surface area contributed by atoms with Crippen molar-refractivity contribution in [1.29, 1.82) is 0 Å². The van der Waals surface area contributed by atoms with Crippen molar-refractivity contribution in [2.75, 3.05) is 5.75 Å². The Morgan fingerprint density at radius 3 is 2.70 bits per heavy atom. The van der Waals surface area contributed by atoms with Gasteiger partial charge in [-0.05, 0) is 43.0 Å². The normalized spacial score (nSPS) is 15.1. The average molecular weight is 290 g/mol. The summed E-state index contributed by atoms with van der Waals surface area (Å²) in [5, 5.41) is 0.517. The topological polar surface area (TPSA) is 34.9 Å². The summed E-state index contributed by atoms with van der Waals surface area (Å²) in [5.74, 6) is 1.37. The molecule has 104 valence electrons. The highest BCUT2D eigenvalue weighted by molar-refractivity contribution is 7.99. The van der Waals surface area contributed by atoms with E-state index < -0.39 is 0 Å². The zero-order valence-corrected chi connectivity index (χ0v) is 11.8. The molecular formula is C15H15FN2OS. The summed E-state index contributed by atoms with van der Waals surface area (Å²) in [5.41, 5.74) is 0.521. The van der Waals surface area contributed by atoms with Crippen molar-refractivity contribution in [1.82, 2.24) is 9.55 Å². The fraction of sp³-hybridized carbons (Fsp3) is 0.333. The van der Waals surface area contributed by atoms with Crippen molar-refractivity contribution in [2.45, 2.75) is 24.3 Å². The van der Waals surface area contributed by atoms with Gasteiger partial charge in [0.1, 0.15) is 5.82 Å². The fourth-order valence-electron chi connectivity index (χ4n) is 2.15. The Kier molecular flexibility index (Phi) is 3.87. The van der Waals surface area contributed by atoms with Gasteiger partial charge in [-0.15, -0.1) is 11.8 Å². The molecule has 0 atom stereocenters. The van der Waals surface area contributed by atoms with Crippen molar-refractivity contribution in [3.63, 3.8) is 0 Å². The van der Waals surface area contributed by atoms with Gasteiger partial charge in [0.15, 0.2) is 5.03 Å². The largest absolute Gasteiger partial charge is 0.287 e. The van der Waals surface area contributed by atoms with Crippen molar-refractivity contribution < 1.29 is 4.39 Å². The third-order valence-corrected chi connectivity index (χ3v) is 4.79. The number of hydrogen-bond donors (Lipinski definition) is 0. The lowest BCUT2D eigenvalue weighted by atomic mass is 9.87. The minimum Gasteiger partial charge on any atom is -0.280 e. The minimum atomic E-state index is -0.310. The van der Waals surface area contributed by atoms with Gasteiger partial charge < -0.3 is 0 Å². The van der Waals surface area contributed by atoms with E-state index in [1.54, 1.807) is 24.5 Å². The Morgan fingerprint density at radius 1 is 1.30 bits per heavy atom. The van der Waals surface area contributed by atoms with Gasteiger partial charge in [0.25, 0.3) is 5.56 Å². The maximum Gasteiger partial charge on any atom is 0.287 e. The number of halogens is 1. The Labute approximate surface area is 120 Å². The van der Waals surface area contributed by atoms with Crippen LogP contribution in [-0.4, -0.2) is 15.3 Å². The molecule has 1 aliphatic rings. The highest BCUT2D eigenvalue weighted by Crippen LogP contribution is 2.31. The molecule has 3 rings (SSSR count). The number of hydrogen-bond acceptors (Lipinski definition) is 3.